The quantitative estimate of drug-likeness (QED) is 0.760. The predicted molar refractivity (Wildman–Crippen MR) is 86.2 cm³/mol. The van der Waals surface area contributed by atoms with E-state index in [0.29, 0.717) is 27.6 Å². The standard InChI is InChI=1S/C17H12ClN3O/c1-10-15(14-3-2-8-22-14)13(9-19)17(20)21-16(10)11-4-6-12(18)7-5-11/h2-8H,1H3,(H2,20,21). The van der Waals surface area contributed by atoms with Gasteiger partial charge in [0.15, 0.2) is 0 Å². The molecule has 0 radical (unpaired) electrons. The Bertz CT molecular complexity index is 862. The van der Waals surface area contributed by atoms with Crippen molar-refractivity contribution in [2.24, 2.45) is 0 Å². The van der Waals surface area contributed by atoms with Gasteiger partial charge in [-0.15, -0.1) is 0 Å². The number of pyridine rings is 1. The van der Waals surface area contributed by atoms with Crippen molar-refractivity contribution in [3.05, 3.63) is 58.8 Å². The molecule has 3 rings (SSSR count). The highest BCUT2D eigenvalue weighted by Crippen LogP contribution is 2.36. The lowest BCUT2D eigenvalue weighted by atomic mass is 9.96. The Kier molecular flexibility index (Phi) is 3.58. The van der Waals surface area contributed by atoms with Gasteiger partial charge in [0, 0.05) is 16.1 Å². The molecule has 0 fully saturated rings. The van der Waals surface area contributed by atoms with Gasteiger partial charge in [0.25, 0.3) is 0 Å². The second-order valence-electron chi connectivity index (χ2n) is 4.82. The molecule has 0 bridgehead atoms. The minimum Gasteiger partial charge on any atom is -0.464 e. The van der Waals surface area contributed by atoms with Crippen LogP contribution in [0.25, 0.3) is 22.6 Å². The number of benzene rings is 1. The fraction of sp³-hybridized carbons (Fsp3) is 0.0588. The van der Waals surface area contributed by atoms with Crippen LogP contribution in [0.4, 0.5) is 5.82 Å². The Morgan fingerprint density at radius 2 is 1.95 bits per heavy atom. The van der Waals surface area contributed by atoms with Gasteiger partial charge in [-0.1, -0.05) is 23.7 Å². The van der Waals surface area contributed by atoms with Crippen LogP contribution in [0, 0.1) is 18.3 Å². The van der Waals surface area contributed by atoms with E-state index in [1.165, 1.54) is 0 Å². The maximum Gasteiger partial charge on any atom is 0.142 e. The second kappa shape index (κ2) is 5.55. The SMILES string of the molecule is Cc1c(-c2ccc(Cl)cc2)nc(N)c(C#N)c1-c1ccco1. The summed E-state index contributed by atoms with van der Waals surface area (Å²) in [5.74, 6) is 0.780. The number of halogens is 1. The van der Waals surface area contributed by atoms with Crippen molar-refractivity contribution < 1.29 is 4.42 Å². The highest BCUT2D eigenvalue weighted by Gasteiger charge is 2.19. The van der Waals surface area contributed by atoms with Crippen LogP contribution >= 0.6 is 11.6 Å². The fourth-order valence-corrected chi connectivity index (χ4v) is 2.55. The van der Waals surface area contributed by atoms with Crippen LogP contribution < -0.4 is 5.73 Å². The second-order valence-corrected chi connectivity index (χ2v) is 5.25. The third-order valence-electron chi connectivity index (χ3n) is 3.47. The molecular formula is C17H12ClN3O. The lowest BCUT2D eigenvalue weighted by Crippen LogP contribution is -2.02. The van der Waals surface area contributed by atoms with Crippen LogP contribution in [-0.4, -0.2) is 4.98 Å². The minimum absolute atomic E-state index is 0.185. The van der Waals surface area contributed by atoms with Crippen LogP contribution in [0.3, 0.4) is 0 Å². The lowest BCUT2D eigenvalue weighted by Gasteiger charge is -2.13. The Labute approximate surface area is 132 Å². The van der Waals surface area contributed by atoms with Crippen molar-refractivity contribution >= 4 is 17.4 Å². The molecule has 2 heterocycles. The molecule has 0 saturated heterocycles. The number of furan rings is 1. The Morgan fingerprint density at radius 3 is 2.55 bits per heavy atom. The first kappa shape index (κ1) is 14.2. The van der Waals surface area contributed by atoms with Crippen molar-refractivity contribution in [2.75, 3.05) is 5.73 Å². The molecule has 0 aliphatic rings. The Balaban J connectivity index is 2.30. The van der Waals surface area contributed by atoms with E-state index in [9.17, 15) is 5.26 Å². The summed E-state index contributed by atoms with van der Waals surface area (Å²) in [6, 6.07) is 13.0. The monoisotopic (exact) mass is 309 g/mol. The number of rotatable bonds is 2. The molecule has 0 aliphatic carbocycles. The molecule has 0 amide bonds. The zero-order chi connectivity index (χ0) is 15.7. The number of anilines is 1. The third-order valence-corrected chi connectivity index (χ3v) is 3.72. The van der Waals surface area contributed by atoms with Gasteiger partial charge in [-0.05, 0) is 36.8 Å². The summed E-state index contributed by atoms with van der Waals surface area (Å²) >= 11 is 5.93. The first-order valence-electron chi connectivity index (χ1n) is 6.62. The van der Waals surface area contributed by atoms with Crippen LogP contribution in [0.2, 0.25) is 5.02 Å². The van der Waals surface area contributed by atoms with Crippen LogP contribution in [0.1, 0.15) is 11.1 Å². The van der Waals surface area contributed by atoms with Gasteiger partial charge in [-0.3, -0.25) is 0 Å². The van der Waals surface area contributed by atoms with Crippen molar-refractivity contribution in [3.63, 3.8) is 0 Å². The molecule has 0 aliphatic heterocycles. The Hall–Kier alpha value is -2.77. The predicted octanol–water partition coefficient (Wildman–Crippen LogP) is 4.42. The van der Waals surface area contributed by atoms with Crippen LogP contribution in [-0.2, 0) is 0 Å². The van der Waals surface area contributed by atoms with Crippen LogP contribution in [0.15, 0.2) is 47.1 Å². The van der Waals surface area contributed by atoms with Crippen LogP contribution in [0.5, 0.6) is 0 Å². The van der Waals surface area contributed by atoms with E-state index in [1.54, 1.807) is 30.5 Å². The van der Waals surface area contributed by atoms with Gasteiger partial charge in [0.2, 0.25) is 0 Å². The molecule has 5 heteroatoms. The normalized spacial score (nSPS) is 10.4. The van der Waals surface area contributed by atoms with E-state index in [1.807, 2.05) is 19.1 Å². The molecule has 1 aromatic carbocycles. The molecule has 2 aromatic heterocycles. The summed E-state index contributed by atoms with van der Waals surface area (Å²) in [4.78, 5) is 4.38. The molecular weight excluding hydrogens is 298 g/mol. The molecule has 0 saturated carbocycles. The van der Waals surface area contributed by atoms with Crippen molar-refractivity contribution in [2.45, 2.75) is 6.92 Å². The summed E-state index contributed by atoms with van der Waals surface area (Å²) < 4.78 is 5.45. The average molecular weight is 310 g/mol. The van der Waals surface area contributed by atoms with Crippen molar-refractivity contribution in [3.8, 4) is 28.7 Å². The lowest BCUT2D eigenvalue weighted by molar-refractivity contribution is 0.581. The van der Waals surface area contributed by atoms with E-state index in [-0.39, 0.29) is 5.82 Å². The topological polar surface area (TPSA) is 75.8 Å². The van der Waals surface area contributed by atoms with E-state index in [4.69, 9.17) is 21.8 Å². The summed E-state index contributed by atoms with van der Waals surface area (Å²) in [5.41, 5.74) is 9.39. The number of hydrogen-bond acceptors (Lipinski definition) is 4. The maximum atomic E-state index is 9.39. The number of nitrogen functional groups attached to an aromatic ring is 1. The third kappa shape index (κ3) is 2.32. The fourth-order valence-electron chi connectivity index (χ4n) is 2.42. The molecule has 22 heavy (non-hydrogen) atoms. The molecule has 0 spiro atoms. The number of aromatic nitrogens is 1. The van der Waals surface area contributed by atoms with E-state index < -0.39 is 0 Å². The van der Waals surface area contributed by atoms with Gasteiger partial charge < -0.3 is 10.2 Å². The first-order valence-corrected chi connectivity index (χ1v) is 6.99. The largest absolute Gasteiger partial charge is 0.464 e. The highest BCUT2D eigenvalue weighted by atomic mass is 35.5. The first-order chi connectivity index (χ1) is 10.6. The highest BCUT2D eigenvalue weighted by molar-refractivity contribution is 6.30. The molecule has 2 N–H and O–H groups in total. The minimum atomic E-state index is 0.185. The van der Waals surface area contributed by atoms with Gasteiger partial charge in [-0.25, -0.2) is 4.98 Å². The van der Waals surface area contributed by atoms with E-state index in [0.717, 1.165) is 11.1 Å². The van der Waals surface area contributed by atoms with Gasteiger partial charge in [0.1, 0.15) is 23.2 Å². The molecule has 0 unspecified atom stereocenters. The summed E-state index contributed by atoms with van der Waals surface area (Å²) in [6.07, 6.45) is 1.56. The van der Waals surface area contributed by atoms with Gasteiger partial charge in [-0.2, -0.15) is 5.26 Å². The number of nitriles is 1. The van der Waals surface area contributed by atoms with Crippen molar-refractivity contribution in [1.29, 1.82) is 5.26 Å². The van der Waals surface area contributed by atoms with Crippen molar-refractivity contribution in [1.82, 2.24) is 4.98 Å². The smallest absolute Gasteiger partial charge is 0.142 e. The Morgan fingerprint density at radius 1 is 1.23 bits per heavy atom. The number of nitrogens with zero attached hydrogens (tertiary/aromatic N) is 2. The zero-order valence-electron chi connectivity index (χ0n) is 11.8. The summed E-state index contributed by atoms with van der Waals surface area (Å²) in [5, 5.41) is 10.0. The molecule has 108 valence electrons. The van der Waals surface area contributed by atoms with E-state index in [2.05, 4.69) is 11.1 Å². The molecule has 0 atom stereocenters. The summed E-state index contributed by atoms with van der Waals surface area (Å²) in [7, 11) is 0. The summed E-state index contributed by atoms with van der Waals surface area (Å²) in [6.45, 7) is 1.90. The molecule has 4 nitrogen and oxygen atoms in total. The number of hydrogen-bond donors (Lipinski definition) is 1. The molecule has 3 aromatic rings. The van der Waals surface area contributed by atoms with Gasteiger partial charge in [0.05, 0.1) is 12.0 Å². The van der Waals surface area contributed by atoms with Gasteiger partial charge >= 0.3 is 0 Å². The zero-order valence-corrected chi connectivity index (χ0v) is 12.6. The average Bonchev–Trinajstić information content (AvgIpc) is 3.03. The van der Waals surface area contributed by atoms with E-state index >= 15 is 0 Å². The number of nitrogens with two attached hydrogens (primary N) is 1. The maximum absolute atomic E-state index is 9.39.